The number of hydrogen-bond donors (Lipinski definition) is 1. The molecule has 2 nitrogen and oxygen atoms in total. The van der Waals surface area contributed by atoms with Gasteiger partial charge in [-0.15, -0.1) is 0 Å². The van der Waals surface area contributed by atoms with Crippen molar-refractivity contribution >= 4 is 11.6 Å². The molecule has 112 valence electrons. The highest BCUT2D eigenvalue weighted by Crippen LogP contribution is 2.33. The third-order valence-corrected chi connectivity index (χ3v) is 3.69. The molecule has 0 saturated heterocycles. The quantitative estimate of drug-likeness (QED) is 0.791. The first-order valence-electron chi connectivity index (χ1n) is 7.47. The monoisotopic (exact) mass is 303 g/mol. The molecule has 0 heterocycles. The number of hydrogen-bond acceptors (Lipinski definition) is 2. The van der Waals surface area contributed by atoms with Crippen LogP contribution in [0.1, 0.15) is 37.4 Å². The molecule has 0 aliphatic carbocycles. The zero-order valence-electron chi connectivity index (χ0n) is 12.6. The van der Waals surface area contributed by atoms with Crippen molar-refractivity contribution in [3.8, 4) is 5.75 Å². The zero-order valence-corrected chi connectivity index (χ0v) is 13.4. The van der Waals surface area contributed by atoms with E-state index in [2.05, 4.69) is 24.4 Å². The van der Waals surface area contributed by atoms with E-state index in [1.165, 1.54) is 0 Å². The molecule has 0 amide bonds. The van der Waals surface area contributed by atoms with E-state index in [-0.39, 0.29) is 6.04 Å². The van der Waals surface area contributed by atoms with Gasteiger partial charge in [-0.05, 0) is 37.6 Å². The van der Waals surface area contributed by atoms with Gasteiger partial charge in [0.1, 0.15) is 5.75 Å². The molecule has 1 unspecified atom stereocenters. The largest absolute Gasteiger partial charge is 0.494 e. The zero-order chi connectivity index (χ0) is 15.1. The van der Waals surface area contributed by atoms with E-state index in [1.54, 1.807) is 0 Å². The third-order valence-electron chi connectivity index (χ3n) is 3.34. The van der Waals surface area contributed by atoms with Crippen molar-refractivity contribution < 1.29 is 4.74 Å². The van der Waals surface area contributed by atoms with Gasteiger partial charge in [0.05, 0.1) is 12.6 Å². The van der Waals surface area contributed by atoms with Crippen molar-refractivity contribution in [3.63, 3.8) is 0 Å². The summed E-state index contributed by atoms with van der Waals surface area (Å²) in [6.07, 6.45) is 1.07. The number of halogens is 1. The van der Waals surface area contributed by atoms with E-state index in [0.717, 1.165) is 34.9 Å². The molecular weight excluding hydrogens is 282 g/mol. The molecule has 2 rings (SSSR count). The summed E-state index contributed by atoms with van der Waals surface area (Å²) < 4.78 is 5.78. The molecule has 0 aromatic heterocycles. The third kappa shape index (κ3) is 3.99. The Hall–Kier alpha value is -1.51. The molecule has 0 saturated carbocycles. The van der Waals surface area contributed by atoms with Crippen molar-refractivity contribution in [1.29, 1.82) is 0 Å². The maximum absolute atomic E-state index is 6.40. The van der Waals surface area contributed by atoms with Crippen LogP contribution in [-0.4, -0.2) is 13.2 Å². The van der Waals surface area contributed by atoms with Crippen LogP contribution in [0.5, 0.6) is 5.75 Å². The summed E-state index contributed by atoms with van der Waals surface area (Å²) >= 11 is 6.40. The van der Waals surface area contributed by atoms with Gasteiger partial charge in [-0.1, -0.05) is 54.9 Å². The van der Waals surface area contributed by atoms with Crippen molar-refractivity contribution in [2.24, 2.45) is 0 Å². The Morgan fingerprint density at radius 3 is 2.33 bits per heavy atom. The van der Waals surface area contributed by atoms with Gasteiger partial charge in [-0.3, -0.25) is 0 Å². The van der Waals surface area contributed by atoms with Crippen LogP contribution in [0.4, 0.5) is 0 Å². The first-order valence-corrected chi connectivity index (χ1v) is 7.85. The van der Waals surface area contributed by atoms with Crippen LogP contribution in [0.15, 0.2) is 48.5 Å². The second-order valence-electron chi connectivity index (χ2n) is 4.88. The first kappa shape index (κ1) is 15.9. The second kappa shape index (κ2) is 8.06. The molecule has 0 aliphatic heterocycles. The number of para-hydroxylation sites is 1. The summed E-state index contributed by atoms with van der Waals surface area (Å²) in [5.74, 6) is 0.911. The van der Waals surface area contributed by atoms with Crippen molar-refractivity contribution in [1.82, 2.24) is 5.32 Å². The highest BCUT2D eigenvalue weighted by molar-refractivity contribution is 6.31. The summed E-state index contributed by atoms with van der Waals surface area (Å²) in [5, 5.41) is 4.35. The van der Waals surface area contributed by atoms with Crippen molar-refractivity contribution in [2.45, 2.75) is 26.3 Å². The smallest absolute Gasteiger partial charge is 0.124 e. The molecule has 2 aromatic rings. The van der Waals surface area contributed by atoms with E-state index in [0.29, 0.717) is 6.61 Å². The van der Waals surface area contributed by atoms with Crippen molar-refractivity contribution in [2.75, 3.05) is 13.2 Å². The lowest BCUT2D eigenvalue weighted by molar-refractivity contribution is 0.333. The number of rotatable bonds is 7. The van der Waals surface area contributed by atoms with Gasteiger partial charge in [-0.2, -0.15) is 0 Å². The number of ether oxygens (including phenoxy) is 1. The fraction of sp³-hybridized carbons (Fsp3) is 0.333. The predicted molar refractivity (Wildman–Crippen MR) is 89.2 cm³/mol. The lowest BCUT2D eigenvalue weighted by Crippen LogP contribution is -2.24. The normalized spacial score (nSPS) is 12.1. The van der Waals surface area contributed by atoms with Crippen LogP contribution in [0.2, 0.25) is 5.02 Å². The maximum atomic E-state index is 6.40. The van der Waals surface area contributed by atoms with Crippen LogP contribution >= 0.6 is 11.6 Å². The minimum Gasteiger partial charge on any atom is -0.494 e. The first-order chi connectivity index (χ1) is 10.3. The lowest BCUT2D eigenvalue weighted by atomic mass is 9.97. The SMILES string of the molecule is CCCNC(c1ccccc1Cl)c1ccccc1OCC. The lowest BCUT2D eigenvalue weighted by Gasteiger charge is -2.23. The van der Waals surface area contributed by atoms with Crippen molar-refractivity contribution in [3.05, 3.63) is 64.7 Å². The molecule has 0 spiro atoms. The molecule has 2 aromatic carbocycles. The molecule has 0 bridgehead atoms. The Kier molecular flexibility index (Phi) is 6.09. The van der Waals surface area contributed by atoms with Crippen LogP contribution < -0.4 is 10.1 Å². The van der Waals surface area contributed by atoms with Crippen LogP contribution in [0.3, 0.4) is 0 Å². The van der Waals surface area contributed by atoms with E-state index in [9.17, 15) is 0 Å². The Morgan fingerprint density at radius 1 is 1.00 bits per heavy atom. The minimum atomic E-state index is 0.0430. The summed E-state index contributed by atoms with van der Waals surface area (Å²) in [6.45, 7) is 5.74. The number of nitrogens with one attached hydrogen (secondary N) is 1. The molecule has 0 radical (unpaired) electrons. The topological polar surface area (TPSA) is 21.3 Å². The average molecular weight is 304 g/mol. The molecule has 1 atom stereocenters. The molecule has 3 heteroatoms. The van der Waals surface area contributed by atoms with Crippen LogP contribution in [0.25, 0.3) is 0 Å². The summed E-state index contributed by atoms with van der Waals surface area (Å²) in [7, 11) is 0. The van der Waals surface area contributed by atoms with Gasteiger partial charge in [0, 0.05) is 10.6 Å². The van der Waals surface area contributed by atoms with Gasteiger partial charge in [-0.25, -0.2) is 0 Å². The molecular formula is C18H22ClNO. The Balaban J connectivity index is 2.43. The van der Waals surface area contributed by atoms with Gasteiger partial charge in [0.2, 0.25) is 0 Å². The number of benzene rings is 2. The van der Waals surface area contributed by atoms with E-state index in [1.807, 2.05) is 43.3 Å². The highest BCUT2D eigenvalue weighted by Gasteiger charge is 2.19. The molecule has 1 N–H and O–H groups in total. The van der Waals surface area contributed by atoms with E-state index in [4.69, 9.17) is 16.3 Å². The fourth-order valence-electron chi connectivity index (χ4n) is 2.39. The Morgan fingerprint density at radius 2 is 1.67 bits per heavy atom. The highest BCUT2D eigenvalue weighted by atomic mass is 35.5. The molecule has 0 aliphatic rings. The van der Waals surface area contributed by atoms with Gasteiger partial charge >= 0.3 is 0 Å². The van der Waals surface area contributed by atoms with Gasteiger partial charge in [0.15, 0.2) is 0 Å². The minimum absolute atomic E-state index is 0.0430. The summed E-state index contributed by atoms with van der Waals surface area (Å²) in [6, 6.07) is 16.2. The summed E-state index contributed by atoms with van der Waals surface area (Å²) in [4.78, 5) is 0. The maximum Gasteiger partial charge on any atom is 0.124 e. The van der Waals surface area contributed by atoms with Gasteiger partial charge < -0.3 is 10.1 Å². The van der Waals surface area contributed by atoms with Gasteiger partial charge in [0.25, 0.3) is 0 Å². The van der Waals surface area contributed by atoms with E-state index >= 15 is 0 Å². The summed E-state index contributed by atoms with van der Waals surface area (Å²) in [5.41, 5.74) is 2.21. The van der Waals surface area contributed by atoms with Crippen LogP contribution in [0, 0.1) is 0 Å². The fourth-order valence-corrected chi connectivity index (χ4v) is 2.64. The Labute approximate surface area is 132 Å². The average Bonchev–Trinajstić information content (AvgIpc) is 2.51. The van der Waals surface area contributed by atoms with E-state index < -0.39 is 0 Å². The molecule has 21 heavy (non-hydrogen) atoms. The predicted octanol–water partition coefficient (Wildman–Crippen LogP) is 4.83. The second-order valence-corrected chi connectivity index (χ2v) is 5.29. The Bertz CT molecular complexity index is 571. The standard InChI is InChI=1S/C18H22ClNO/c1-3-13-20-18(14-9-5-7-11-16(14)19)15-10-6-8-12-17(15)21-4-2/h5-12,18,20H,3-4,13H2,1-2H3. The molecule has 0 fully saturated rings. The van der Waals surface area contributed by atoms with Crippen LogP contribution in [-0.2, 0) is 0 Å².